The van der Waals surface area contributed by atoms with Crippen molar-refractivity contribution in [2.75, 3.05) is 0 Å². The molecule has 0 saturated heterocycles. The molecular formula is H6As2Ca3Mg3O8. The Morgan fingerprint density at radius 3 is 0.500 bits per heavy atom. The van der Waals surface area contributed by atoms with Gasteiger partial charge in [0.1, 0.15) is 0 Å². The van der Waals surface area contributed by atoms with Gasteiger partial charge in [0.25, 0.3) is 0 Å². The molecule has 0 unspecified atom stereocenters. The molecule has 0 bridgehead atoms. The molecule has 0 aromatic carbocycles. The summed E-state index contributed by atoms with van der Waals surface area (Å²) in [6.45, 7) is 0. The van der Waals surface area contributed by atoms with Crippen LogP contribution in [0, 0.1) is 0 Å². The molecule has 0 aliphatic carbocycles. The van der Waals surface area contributed by atoms with Gasteiger partial charge in [0.05, 0.1) is 0 Å². The smallest absolute Gasteiger partial charge is 2.00 e. The molecule has 0 aliphatic heterocycles. The van der Waals surface area contributed by atoms with Gasteiger partial charge in [-0.05, 0) is 0 Å². The fourth-order valence-electron chi connectivity index (χ4n) is 0. The summed E-state index contributed by atoms with van der Waals surface area (Å²) >= 11 is -11.8. The summed E-state index contributed by atoms with van der Waals surface area (Å²) in [5.41, 5.74) is 0. The van der Waals surface area contributed by atoms with Crippen LogP contribution in [0.25, 0.3) is 0 Å². The Morgan fingerprint density at radius 2 is 0.500 bits per heavy atom. The molecule has 8 nitrogen and oxygen atoms in total. The third-order valence-corrected chi connectivity index (χ3v) is 0. The second-order valence-electron chi connectivity index (χ2n) is 0.894. The van der Waals surface area contributed by atoms with Crippen molar-refractivity contribution in [3.63, 3.8) is 0 Å². The monoisotopic (exact) mass is 476 g/mol. The first kappa shape index (κ1) is 49.5. The Balaban J connectivity index is -0.00000000970. The normalized spacial score (nSPS) is 7.38. The van der Waals surface area contributed by atoms with Crippen LogP contribution in [0.4, 0.5) is 0 Å². The largest absolute Gasteiger partial charge is 2.00 e. The van der Waals surface area contributed by atoms with E-state index in [0.29, 0.717) is 0 Å². The van der Waals surface area contributed by atoms with E-state index in [0.717, 1.165) is 0 Å². The maximum atomic E-state index is 8.61. The van der Waals surface area contributed by atoms with E-state index >= 15 is 0 Å². The third-order valence-electron chi connectivity index (χ3n) is 0. The molecule has 0 amide bonds. The van der Waals surface area contributed by atoms with E-state index in [9.17, 15) is 0 Å². The third kappa shape index (κ3) is 183. The Hall–Kier alpha value is 6.55. The quantitative estimate of drug-likeness (QED) is 0.310. The van der Waals surface area contributed by atoms with Crippen molar-refractivity contribution in [3.05, 3.63) is 0 Å². The molecule has 0 rings (SSSR count). The van der Waals surface area contributed by atoms with Crippen LogP contribution in [0.1, 0.15) is 0 Å². The van der Waals surface area contributed by atoms with Crippen LogP contribution < -0.4 is 24.6 Å². The predicted octanol–water partition coefficient (Wildman–Crippen LogP) is -12.0. The van der Waals surface area contributed by atoms with Crippen molar-refractivity contribution >= 4 is 211 Å². The molecule has 16 heteroatoms. The van der Waals surface area contributed by atoms with Crippen molar-refractivity contribution < 1.29 is 32.1 Å². The second kappa shape index (κ2) is 26.5. The molecule has 76 valence electrons. The van der Waals surface area contributed by atoms with Crippen LogP contribution in [0.3, 0.4) is 0 Å². The average molecular weight is 477 g/mol. The average Bonchev–Trinajstić information content (AvgIpc) is 1.12. The zero-order valence-electron chi connectivity index (χ0n) is 6.28. The Morgan fingerprint density at radius 1 is 0.500 bits per heavy atom. The van der Waals surface area contributed by atoms with Gasteiger partial charge in [-0.3, -0.25) is 0 Å². The van der Waals surface area contributed by atoms with Gasteiger partial charge < -0.3 is 0 Å². The van der Waals surface area contributed by atoms with Crippen molar-refractivity contribution in [2.24, 2.45) is 0 Å². The maximum absolute atomic E-state index is 8.61. The van der Waals surface area contributed by atoms with E-state index in [1.165, 1.54) is 0 Å². The standard InChI is InChI=1S/2AsH3O4.3Ca.3Mg.6H/c2*2-1(3,4)5;;;;;;;;;;;;/h2*(H3,2,3,4,5);;;;;;;;;;;;/q;;;;;3*+2;;;;;;/p-6. The van der Waals surface area contributed by atoms with Gasteiger partial charge in [-0.2, -0.15) is 0 Å². The van der Waals surface area contributed by atoms with Crippen LogP contribution in [-0.4, -0.2) is 211 Å². The Kier molecular flexibility index (Phi) is 81.8. The molecule has 0 saturated carbocycles. The van der Waals surface area contributed by atoms with Crippen molar-refractivity contribution in [1.29, 1.82) is 0 Å². The van der Waals surface area contributed by atoms with Gasteiger partial charge in [0.15, 0.2) is 0 Å². The fourth-order valence-corrected chi connectivity index (χ4v) is 0. The zero-order chi connectivity index (χ0) is 9.00. The van der Waals surface area contributed by atoms with Crippen LogP contribution in [0.5, 0.6) is 0 Å². The first-order chi connectivity index (χ1) is 4.00. The molecule has 0 aromatic heterocycles. The maximum Gasteiger partial charge on any atom is 2.00 e. The van der Waals surface area contributed by atoms with Crippen LogP contribution in [0.15, 0.2) is 0 Å². The summed E-state index contributed by atoms with van der Waals surface area (Å²) < 4.78 is 68.9. The van der Waals surface area contributed by atoms with Crippen molar-refractivity contribution in [3.8, 4) is 0 Å². The van der Waals surface area contributed by atoms with Gasteiger partial charge in [0.2, 0.25) is 0 Å². The fraction of sp³-hybridized carbons (Fsp3) is 0. The minimum atomic E-state index is -5.88. The minimum absolute atomic E-state index is 0. The Bertz CT molecular complexity index is 141. The molecule has 16 heavy (non-hydrogen) atoms. The molecule has 0 atom stereocenters. The summed E-state index contributed by atoms with van der Waals surface area (Å²) in [5.74, 6) is 0. The first-order valence-electron chi connectivity index (χ1n) is 1.46. The van der Waals surface area contributed by atoms with Gasteiger partial charge in [-0.25, -0.2) is 0 Å². The van der Waals surface area contributed by atoms with E-state index in [-0.39, 0.29) is 182 Å². The molecule has 0 radical (unpaired) electrons. The number of hydrogen-bond acceptors (Lipinski definition) is 8. The summed E-state index contributed by atoms with van der Waals surface area (Å²) in [5, 5.41) is 0. The zero-order valence-corrected chi connectivity index (χ0v) is 14.3. The number of rotatable bonds is 0. The predicted molar refractivity (Wildman–Crippen MR) is 55.8 cm³/mol. The molecule has 0 aromatic rings. The van der Waals surface area contributed by atoms with Gasteiger partial charge in [-0.15, -0.1) is 0 Å². The van der Waals surface area contributed by atoms with Gasteiger partial charge in [-0.1, -0.05) is 0 Å². The summed E-state index contributed by atoms with van der Waals surface area (Å²) in [7, 11) is 0. The topological polar surface area (TPSA) is 172 Å². The Labute approximate surface area is 237 Å². The molecule has 0 N–H and O–H groups in total. The molecule has 0 spiro atoms. The van der Waals surface area contributed by atoms with Gasteiger partial charge >= 0.3 is 243 Å². The van der Waals surface area contributed by atoms with Crippen molar-refractivity contribution in [2.45, 2.75) is 0 Å². The summed E-state index contributed by atoms with van der Waals surface area (Å²) in [6, 6.07) is 0. The molecule has 0 aliphatic rings. The summed E-state index contributed by atoms with van der Waals surface area (Å²) in [6.07, 6.45) is 0. The van der Waals surface area contributed by atoms with Crippen LogP contribution >= 0.6 is 0 Å². The van der Waals surface area contributed by atoms with Crippen molar-refractivity contribution in [1.82, 2.24) is 0 Å². The number of hydrogen-bond donors (Lipinski definition) is 0. The molecule has 0 heterocycles. The first-order valence-corrected chi connectivity index (χ1v) is 7.59. The van der Waals surface area contributed by atoms with E-state index in [2.05, 4.69) is 0 Å². The van der Waals surface area contributed by atoms with Gasteiger partial charge in [0, 0.05) is 0 Å². The van der Waals surface area contributed by atoms with E-state index in [1.807, 2.05) is 0 Å². The van der Waals surface area contributed by atoms with E-state index in [4.69, 9.17) is 32.1 Å². The molecule has 0 fully saturated rings. The minimum Gasteiger partial charge on any atom is 2.00 e. The summed E-state index contributed by atoms with van der Waals surface area (Å²) in [4.78, 5) is 0. The molecular weight excluding hydrogens is 471 g/mol. The van der Waals surface area contributed by atoms with E-state index < -0.39 is 29.0 Å². The SMILES string of the molecule is O=[As]([O-])([O-])[O-].O=[As]([O-])([O-])[O-].[CaH2].[CaH2].[CaH2].[Mg+2].[Mg+2].[Mg+2]. The second-order valence-corrected chi connectivity index (χ2v) is 4.65. The van der Waals surface area contributed by atoms with Crippen LogP contribution in [-0.2, 0) is 7.48 Å². The van der Waals surface area contributed by atoms with E-state index in [1.54, 1.807) is 0 Å². The van der Waals surface area contributed by atoms with Crippen LogP contribution in [0.2, 0.25) is 0 Å².